The first-order chi connectivity index (χ1) is 11.8. The van der Waals surface area contributed by atoms with Gasteiger partial charge in [0.1, 0.15) is 0 Å². The van der Waals surface area contributed by atoms with Crippen molar-refractivity contribution in [3.8, 4) is 0 Å². The summed E-state index contributed by atoms with van der Waals surface area (Å²) < 4.78 is 0. The van der Waals surface area contributed by atoms with Gasteiger partial charge in [-0.1, -0.05) is 72.3 Å². The van der Waals surface area contributed by atoms with Gasteiger partial charge in [0, 0.05) is 11.4 Å². The van der Waals surface area contributed by atoms with Crippen LogP contribution in [0.4, 0.5) is 11.4 Å². The van der Waals surface area contributed by atoms with Crippen LogP contribution in [0.25, 0.3) is 0 Å². The number of aliphatic imine (C=N–C) groups is 2. The molecule has 3 aromatic carbocycles. The lowest BCUT2D eigenvalue weighted by molar-refractivity contribution is 1.44. The number of halogens is 1. The van der Waals surface area contributed by atoms with Crippen molar-refractivity contribution in [1.29, 1.82) is 0 Å². The standard InChI is InChI=1S/C21H15ClN2/c22-17-11-12-18-21(13-17)24-20(16-9-5-2-6-10-16)14-19(23-18)15-7-3-1-4-8-15/h1-13H,14H2. The Morgan fingerprint density at radius 2 is 1.17 bits per heavy atom. The highest BCUT2D eigenvalue weighted by molar-refractivity contribution is 6.31. The summed E-state index contributed by atoms with van der Waals surface area (Å²) in [5.41, 5.74) is 5.90. The molecular formula is C21H15ClN2. The van der Waals surface area contributed by atoms with Gasteiger partial charge in [-0.2, -0.15) is 0 Å². The summed E-state index contributed by atoms with van der Waals surface area (Å²) in [7, 11) is 0. The minimum Gasteiger partial charge on any atom is -0.250 e. The molecule has 0 saturated heterocycles. The lowest BCUT2D eigenvalue weighted by atomic mass is 10.00. The van der Waals surface area contributed by atoms with Crippen molar-refractivity contribution in [1.82, 2.24) is 0 Å². The monoisotopic (exact) mass is 330 g/mol. The molecule has 0 N–H and O–H groups in total. The Bertz CT molecular complexity index is 929. The van der Waals surface area contributed by atoms with Gasteiger partial charge in [-0.3, -0.25) is 9.98 Å². The molecule has 1 aliphatic heterocycles. The van der Waals surface area contributed by atoms with Crippen LogP contribution in [0.1, 0.15) is 17.5 Å². The lowest BCUT2D eigenvalue weighted by Crippen LogP contribution is -2.09. The maximum atomic E-state index is 6.16. The van der Waals surface area contributed by atoms with E-state index in [1.165, 1.54) is 0 Å². The van der Waals surface area contributed by atoms with Crippen molar-refractivity contribution < 1.29 is 0 Å². The van der Waals surface area contributed by atoms with Crippen molar-refractivity contribution in [2.75, 3.05) is 0 Å². The van der Waals surface area contributed by atoms with Crippen LogP contribution >= 0.6 is 11.6 Å². The van der Waals surface area contributed by atoms with Crippen LogP contribution in [0.15, 0.2) is 88.8 Å². The van der Waals surface area contributed by atoms with E-state index in [0.29, 0.717) is 11.4 Å². The maximum absolute atomic E-state index is 6.16. The van der Waals surface area contributed by atoms with Crippen LogP contribution in [0.2, 0.25) is 5.02 Å². The molecule has 3 aromatic rings. The summed E-state index contributed by atoms with van der Waals surface area (Å²) in [6, 6.07) is 26.1. The Balaban J connectivity index is 1.89. The molecule has 0 unspecified atom stereocenters. The quantitative estimate of drug-likeness (QED) is 0.551. The predicted molar refractivity (Wildman–Crippen MR) is 101 cm³/mol. The average Bonchev–Trinajstić information content (AvgIpc) is 2.82. The number of nitrogens with zero attached hydrogens (tertiary/aromatic N) is 2. The first kappa shape index (κ1) is 14.9. The van der Waals surface area contributed by atoms with Crippen molar-refractivity contribution in [3.63, 3.8) is 0 Å². The molecule has 0 radical (unpaired) electrons. The summed E-state index contributed by atoms with van der Waals surface area (Å²) in [6.45, 7) is 0. The van der Waals surface area contributed by atoms with E-state index in [0.717, 1.165) is 33.9 Å². The van der Waals surface area contributed by atoms with Crippen LogP contribution in [0.5, 0.6) is 0 Å². The van der Waals surface area contributed by atoms with Gasteiger partial charge in [-0.05, 0) is 29.3 Å². The normalized spacial score (nSPS) is 13.5. The fourth-order valence-electron chi connectivity index (χ4n) is 2.80. The highest BCUT2D eigenvalue weighted by atomic mass is 35.5. The molecule has 0 aromatic heterocycles. The Kier molecular flexibility index (Phi) is 3.97. The van der Waals surface area contributed by atoms with Crippen molar-refractivity contribution >= 4 is 34.4 Å². The maximum Gasteiger partial charge on any atom is 0.0904 e. The zero-order valence-corrected chi connectivity index (χ0v) is 13.7. The topological polar surface area (TPSA) is 24.7 Å². The van der Waals surface area contributed by atoms with E-state index in [-0.39, 0.29) is 0 Å². The largest absolute Gasteiger partial charge is 0.250 e. The van der Waals surface area contributed by atoms with Crippen LogP contribution in [-0.4, -0.2) is 11.4 Å². The molecule has 0 atom stereocenters. The SMILES string of the molecule is Clc1ccc2c(c1)N=C(c1ccccc1)CC(c1ccccc1)=N2. The number of rotatable bonds is 2. The molecule has 1 heterocycles. The molecule has 116 valence electrons. The van der Waals surface area contributed by atoms with Gasteiger partial charge in [-0.15, -0.1) is 0 Å². The second-order valence-electron chi connectivity index (χ2n) is 5.66. The lowest BCUT2D eigenvalue weighted by Gasteiger charge is -2.07. The minimum atomic E-state index is 0.670. The summed E-state index contributed by atoms with van der Waals surface area (Å²) in [4.78, 5) is 9.73. The molecule has 3 heteroatoms. The molecular weight excluding hydrogens is 316 g/mol. The van der Waals surface area contributed by atoms with Gasteiger partial charge in [0.05, 0.1) is 22.8 Å². The number of benzene rings is 3. The highest BCUT2D eigenvalue weighted by Crippen LogP contribution is 2.35. The van der Waals surface area contributed by atoms with E-state index in [9.17, 15) is 0 Å². The molecule has 1 aliphatic rings. The number of hydrogen-bond acceptors (Lipinski definition) is 2. The Hall–Kier alpha value is -2.71. The summed E-state index contributed by atoms with van der Waals surface area (Å²) in [5, 5.41) is 0.670. The van der Waals surface area contributed by atoms with E-state index in [1.54, 1.807) is 0 Å². The fraction of sp³-hybridized carbons (Fsp3) is 0.0476. The highest BCUT2D eigenvalue weighted by Gasteiger charge is 2.16. The van der Waals surface area contributed by atoms with Gasteiger partial charge in [0.25, 0.3) is 0 Å². The first-order valence-corrected chi connectivity index (χ1v) is 8.23. The van der Waals surface area contributed by atoms with Gasteiger partial charge < -0.3 is 0 Å². The number of fused-ring (bicyclic) bond motifs is 1. The Labute approximate surface area is 146 Å². The summed E-state index contributed by atoms with van der Waals surface area (Å²) >= 11 is 6.16. The third-order valence-corrected chi connectivity index (χ3v) is 4.23. The van der Waals surface area contributed by atoms with Crippen LogP contribution in [0, 0.1) is 0 Å². The van der Waals surface area contributed by atoms with Crippen molar-refractivity contribution in [3.05, 3.63) is 95.0 Å². The molecule has 24 heavy (non-hydrogen) atoms. The zero-order chi connectivity index (χ0) is 16.4. The van der Waals surface area contributed by atoms with E-state index >= 15 is 0 Å². The fourth-order valence-corrected chi connectivity index (χ4v) is 2.97. The van der Waals surface area contributed by atoms with E-state index in [1.807, 2.05) is 54.6 Å². The molecule has 0 fully saturated rings. The smallest absolute Gasteiger partial charge is 0.0904 e. The molecule has 0 aliphatic carbocycles. The predicted octanol–water partition coefficient (Wildman–Crippen LogP) is 5.99. The third-order valence-electron chi connectivity index (χ3n) is 4.00. The van der Waals surface area contributed by atoms with Crippen molar-refractivity contribution in [2.24, 2.45) is 9.98 Å². The molecule has 4 rings (SSSR count). The molecule has 0 amide bonds. The number of hydrogen-bond donors (Lipinski definition) is 0. The summed E-state index contributed by atoms with van der Waals surface area (Å²) in [6.07, 6.45) is 0.681. The van der Waals surface area contributed by atoms with Gasteiger partial charge in [-0.25, -0.2) is 0 Å². The van der Waals surface area contributed by atoms with Gasteiger partial charge in [0.15, 0.2) is 0 Å². The minimum absolute atomic E-state index is 0.670. The second-order valence-corrected chi connectivity index (χ2v) is 6.10. The zero-order valence-electron chi connectivity index (χ0n) is 13.0. The van der Waals surface area contributed by atoms with Crippen LogP contribution in [0.3, 0.4) is 0 Å². The van der Waals surface area contributed by atoms with Gasteiger partial charge >= 0.3 is 0 Å². The third kappa shape index (κ3) is 3.01. The molecule has 2 nitrogen and oxygen atoms in total. The van der Waals surface area contributed by atoms with E-state index in [2.05, 4.69) is 24.3 Å². The van der Waals surface area contributed by atoms with E-state index in [4.69, 9.17) is 21.6 Å². The van der Waals surface area contributed by atoms with Gasteiger partial charge in [0.2, 0.25) is 0 Å². The molecule has 0 saturated carbocycles. The molecule has 0 spiro atoms. The summed E-state index contributed by atoms with van der Waals surface area (Å²) in [5.74, 6) is 0. The first-order valence-electron chi connectivity index (χ1n) is 7.85. The van der Waals surface area contributed by atoms with Crippen LogP contribution < -0.4 is 0 Å². The molecule has 0 bridgehead atoms. The van der Waals surface area contributed by atoms with E-state index < -0.39 is 0 Å². The van der Waals surface area contributed by atoms with Crippen LogP contribution in [-0.2, 0) is 0 Å². The Morgan fingerprint density at radius 3 is 1.75 bits per heavy atom. The average molecular weight is 331 g/mol. The Morgan fingerprint density at radius 1 is 0.625 bits per heavy atom. The second kappa shape index (κ2) is 6.42. The van der Waals surface area contributed by atoms with Crippen molar-refractivity contribution in [2.45, 2.75) is 6.42 Å².